The van der Waals surface area contributed by atoms with Gasteiger partial charge in [0, 0.05) is 6.04 Å². The van der Waals surface area contributed by atoms with E-state index in [1.807, 2.05) is 0 Å². The van der Waals surface area contributed by atoms with Crippen LogP contribution in [-0.4, -0.2) is 23.8 Å². The number of hydrogen-bond acceptors (Lipinski definition) is 2. The molecule has 96 valence electrons. The van der Waals surface area contributed by atoms with Gasteiger partial charge in [0.25, 0.3) is 0 Å². The molecule has 1 saturated carbocycles. The number of aliphatic hydroxyl groups excluding tert-OH is 1. The van der Waals surface area contributed by atoms with Crippen LogP contribution in [0.3, 0.4) is 0 Å². The van der Waals surface area contributed by atoms with Crippen LogP contribution in [0, 0.1) is 0 Å². The Morgan fingerprint density at radius 2 is 1.75 bits per heavy atom. The third kappa shape index (κ3) is 5.86. The monoisotopic (exact) mass is 227 g/mol. The molecule has 1 rings (SSSR count). The lowest BCUT2D eigenvalue weighted by Gasteiger charge is -2.21. The van der Waals surface area contributed by atoms with Gasteiger partial charge in [-0.25, -0.2) is 0 Å². The lowest BCUT2D eigenvalue weighted by Crippen LogP contribution is -2.39. The Balaban J connectivity index is 2.01. The van der Waals surface area contributed by atoms with E-state index < -0.39 is 0 Å². The predicted octanol–water partition coefficient (Wildman–Crippen LogP) is 3.24. The first-order valence-electron chi connectivity index (χ1n) is 7.26. The minimum Gasteiger partial charge on any atom is -0.392 e. The third-order valence-electron chi connectivity index (χ3n) is 3.67. The molecule has 2 N–H and O–H groups in total. The molecule has 0 aromatic carbocycles. The normalized spacial score (nSPS) is 26.6. The van der Waals surface area contributed by atoms with Gasteiger partial charge < -0.3 is 10.4 Å². The Hall–Kier alpha value is -0.0800. The maximum absolute atomic E-state index is 9.93. The van der Waals surface area contributed by atoms with E-state index in [-0.39, 0.29) is 6.10 Å². The minimum absolute atomic E-state index is 0.0989. The van der Waals surface area contributed by atoms with Gasteiger partial charge in [0.05, 0.1) is 6.10 Å². The highest BCUT2D eigenvalue weighted by Crippen LogP contribution is 2.18. The number of rotatable bonds is 7. The summed E-state index contributed by atoms with van der Waals surface area (Å²) in [7, 11) is 0. The molecular weight excluding hydrogens is 198 g/mol. The largest absolute Gasteiger partial charge is 0.392 e. The smallest absolute Gasteiger partial charge is 0.0693 e. The number of unbranched alkanes of at least 4 members (excludes halogenated alkanes) is 4. The van der Waals surface area contributed by atoms with Gasteiger partial charge in [0.2, 0.25) is 0 Å². The van der Waals surface area contributed by atoms with Gasteiger partial charge in [-0.15, -0.1) is 0 Å². The van der Waals surface area contributed by atoms with Crippen LogP contribution in [0.15, 0.2) is 0 Å². The molecule has 1 aliphatic rings. The van der Waals surface area contributed by atoms with Gasteiger partial charge >= 0.3 is 0 Å². The van der Waals surface area contributed by atoms with Crippen molar-refractivity contribution in [3.8, 4) is 0 Å². The molecule has 0 saturated heterocycles. The Bertz CT molecular complexity index is 161. The standard InChI is InChI=1S/C14H29NO/c1-2-3-4-5-9-12-15-13-10-7-6-8-11-14(13)16/h13-16H,2-12H2,1H3. The number of aliphatic hydroxyl groups is 1. The van der Waals surface area contributed by atoms with Crippen molar-refractivity contribution in [1.82, 2.24) is 5.32 Å². The van der Waals surface area contributed by atoms with Crippen molar-refractivity contribution in [2.75, 3.05) is 6.54 Å². The van der Waals surface area contributed by atoms with E-state index in [0.717, 1.165) is 19.4 Å². The van der Waals surface area contributed by atoms with Gasteiger partial charge in [0.1, 0.15) is 0 Å². The Morgan fingerprint density at radius 1 is 1.00 bits per heavy atom. The number of nitrogens with one attached hydrogen (secondary N) is 1. The molecule has 0 spiro atoms. The molecule has 0 aliphatic heterocycles. The zero-order valence-corrected chi connectivity index (χ0v) is 10.9. The summed E-state index contributed by atoms with van der Waals surface area (Å²) in [5.41, 5.74) is 0. The molecule has 2 unspecified atom stereocenters. The van der Waals surface area contributed by atoms with Crippen LogP contribution in [0.5, 0.6) is 0 Å². The Morgan fingerprint density at radius 3 is 2.56 bits per heavy atom. The molecule has 2 atom stereocenters. The van der Waals surface area contributed by atoms with Gasteiger partial charge in [-0.1, -0.05) is 51.9 Å². The molecule has 16 heavy (non-hydrogen) atoms. The molecule has 0 aromatic rings. The molecule has 0 heterocycles. The van der Waals surface area contributed by atoms with Crippen LogP contribution >= 0.6 is 0 Å². The molecule has 2 heteroatoms. The predicted molar refractivity (Wildman–Crippen MR) is 69.6 cm³/mol. The summed E-state index contributed by atoms with van der Waals surface area (Å²) in [6, 6.07) is 0.369. The first kappa shape index (κ1) is 14.0. The fourth-order valence-electron chi connectivity index (χ4n) is 2.54. The summed E-state index contributed by atoms with van der Waals surface area (Å²) < 4.78 is 0. The second kappa shape index (κ2) is 9.00. The van der Waals surface area contributed by atoms with E-state index in [9.17, 15) is 5.11 Å². The summed E-state index contributed by atoms with van der Waals surface area (Å²) in [5, 5.41) is 13.5. The van der Waals surface area contributed by atoms with E-state index in [0.29, 0.717) is 6.04 Å². The maximum atomic E-state index is 9.93. The summed E-state index contributed by atoms with van der Waals surface area (Å²) in [6.45, 7) is 3.34. The fourth-order valence-corrected chi connectivity index (χ4v) is 2.54. The molecule has 0 bridgehead atoms. The molecule has 0 amide bonds. The first-order chi connectivity index (χ1) is 7.84. The van der Waals surface area contributed by atoms with Crippen LogP contribution in [0.4, 0.5) is 0 Å². The van der Waals surface area contributed by atoms with Gasteiger partial charge in [-0.05, 0) is 25.8 Å². The molecule has 1 aliphatic carbocycles. The van der Waals surface area contributed by atoms with E-state index in [2.05, 4.69) is 12.2 Å². The quantitative estimate of drug-likeness (QED) is 0.517. The number of hydrogen-bond donors (Lipinski definition) is 2. The van der Waals surface area contributed by atoms with E-state index >= 15 is 0 Å². The maximum Gasteiger partial charge on any atom is 0.0693 e. The fraction of sp³-hybridized carbons (Fsp3) is 1.00. The van der Waals surface area contributed by atoms with Crippen LogP contribution in [0.2, 0.25) is 0 Å². The van der Waals surface area contributed by atoms with Crippen LogP contribution in [-0.2, 0) is 0 Å². The van der Waals surface area contributed by atoms with Crippen molar-refractivity contribution in [1.29, 1.82) is 0 Å². The minimum atomic E-state index is -0.0989. The van der Waals surface area contributed by atoms with Gasteiger partial charge in [0.15, 0.2) is 0 Å². The van der Waals surface area contributed by atoms with Crippen molar-refractivity contribution < 1.29 is 5.11 Å². The van der Waals surface area contributed by atoms with Gasteiger partial charge in [-0.3, -0.25) is 0 Å². The summed E-state index contributed by atoms with van der Waals surface area (Å²) in [5.74, 6) is 0. The lowest BCUT2D eigenvalue weighted by molar-refractivity contribution is 0.120. The van der Waals surface area contributed by atoms with Crippen molar-refractivity contribution in [3.63, 3.8) is 0 Å². The molecule has 2 nitrogen and oxygen atoms in total. The summed E-state index contributed by atoms with van der Waals surface area (Å²) >= 11 is 0. The van der Waals surface area contributed by atoms with Gasteiger partial charge in [-0.2, -0.15) is 0 Å². The van der Waals surface area contributed by atoms with Crippen LogP contribution in [0.1, 0.15) is 71.1 Å². The van der Waals surface area contributed by atoms with Crippen LogP contribution in [0.25, 0.3) is 0 Å². The average molecular weight is 227 g/mol. The van der Waals surface area contributed by atoms with Crippen molar-refractivity contribution in [2.45, 2.75) is 83.3 Å². The van der Waals surface area contributed by atoms with Crippen molar-refractivity contribution >= 4 is 0 Å². The molecule has 0 radical (unpaired) electrons. The highest BCUT2D eigenvalue weighted by atomic mass is 16.3. The summed E-state index contributed by atoms with van der Waals surface area (Å²) in [4.78, 5) is 0. The molecular formula is C14H29NO. The zero-order chi connectivity index (χ0) is 11.6. The first-order valence-corrected chi connectivity index (χ1v) is 7.26. The molecule has 1 fully saturated rings. The van der Waals surface area contributed by atoms with Crippen molar-refractivity contribution in [3.05, 3.63) is 0 Å². The van der Waals surface area contributed by atoms with E-state index in [1.54, 1.807) is 0 Å². The Labute approximate surface area is 101 Å². The molecule has 0 aromatic heterocycles. The topological polar surface area (TPSA) is 32.3 Å². The second-order valence-corrected chi connectivity index (χ2v) is 5.18. The van der Waals surface area contributed by atoms with E-state index in [4.69, 9.17) is 0 Å². The lowest BCUT2D eigenvalue weighted by atomic mass is 10.1. The highest BCUT2D eigenvalue weighted by Gasteiger charge is 2.20. The van der Waals surface area contributed by atoms with E-state index in [1.165, 1.54) is 51.4 Å². The van der Waals surface area contributed by atoms with Crippen LogP contribution < -0.4 is 5.32 Å². The zero-order valence-electron chi connectivity index (χ0n) is 10.9. The third-order valence-corrected chi connectivity index (χ3v) is 3.67. The Kier molecular flexibility index (Phi) is 7.87. The average Bonchev–Trinajstić information content (AvgIpc) is 2.49. The highest BCUT2D eigenvalue weighted by molar-refractivity contribution is 4.78. The summed E-state index contributed by atoms with van der Waals surface area (Å²) in [6.07, 6.45) is 12.5. The second-order valence-electron chi connectivity index (χ2n) is 5.18. The van der Waals surface area contributed by atoms with Crippen molar-refractivity contribution in [2.24, 2.45) is 0 Å². The SMILES string of the molecule is CCCCCCCNC1CCCCCC1O.